The lowest BCUT2D eigenvalue weighted by Crippen LogP contribution is -2.51. The fourth-order valence-electron chi connectivity index (χ4n) is 3.73. The standard InChI is InChI=1S/C20H23BrN8O/c1-4-13-16(21)15-17(23-13)26-20(27-19(15)28-8-12(30)9-28)25-14-6-5-11-7-22-29(10(2)3)18(11)24-14/h5-7,10,12,30H,4,8-9H2,1-3H3,(H2,23,24,25,26,27). The van der Waals surface area contributed by atoms with Crippen LogP contribution >= 0.6 is 15.9 Å². The van der Waals surface area contributed by atoms with Crippen LogP contribution in [-0.2, 0) is 6.42 Å². The summed E-state index contributed by atoms with van der Waals surface area (Å²) in [6.45, 7) is 7.36. The molecular formula is C20H23BrN8O. The number of hydrogen-bond acceptors (Lipinski definition) is 7. The van der Waals surface area contributed by atoms with Crippen molar-refractivity contribution < 1.29 is 5.11 Å². The molecule has 4 aromatic heterocycles. The van der Waals surface area contributed by atoms with Gasteiger partial charge in [0.2, 0.25) is 5.95 Å². The number of hydrogen-bond donors (Lipinski definition) is 3. The van der Waals surface area contributed by atoms with E-state index in [-0.39, 0.29) is 12.1 Å². The third-order valence-electron chi connectivity index (χ3n) is 5.33. The first-order valence-corrected chi connectivity index (χ1v) is 10.9. The van der Waals surface area contributed by atoms with E-state index in [4.69, 9.17) is 9.97 Å². The first-order valence-electron chi connectivity index (χ1n) is 10.1. The number of anilines is 3. The Bertz CT molecular complexity index is 1240. The quantitative estimate of drug-likeness (QED) is 0.409. The predicted octanol–water partition coefficient (Wildman–Crippen LogP) is 3.53. The van der Waals surface area contributed by atoms with Gasteiger partial charge in [-0.05, 0) is 48.3 Å². The second-order valence-corrected chi connectivity index (χ2v) is 8.63. The molecular weight excluding hydrogens is 448 g/mol. The number of aryl methyl sites for hydroxylation is 1. The molecule has 0 atom stereocenters. The predicted molar refractivity (Wildman–Crippen MR) is 120 cm³/mol. The second kappa shape index (κ2) is 7.21. The Morgan fingerprint density at radius 2 is 2.07 bits per heavy atom. The minimum Gasteiger partial charge on any atom is -0.389 e. The lowest BCUT2D eigenvalue weighted by atomic mass is 10.1. The summed E-state index contributed by atoms with van der Waals surface area (Å²) in [5.74, 6) is 1.90. The number of aromatic amines is 1. The zero-order chi connectivity index (χ0) is 21.0. The van der Waals surface area contributed by atoms with Crippen LogP contribution in [0.1, 0.15) is 32.5 Å². The summed E-state index contributed by atoms with van der Waals surface area (Å²) in [6, 6.07) is 4.10. The van der Waals surface area contributed by atoms with Gasteiger partial charge in [-0.3, -0.25) is 0 Å². The molecule has 0 unspecified atom stereocenters. The first kappa shape index (κ1) is 19.3. The molecule has 1 aliphatic rings. The largest absolute Gasteiger partial charge is 0.389 e. The van der Waals surface area contributed by atoms with Crippen molar-refractivity contribution in [3.8, 4) is 0 Å². The van der Waals surface area contributed by atoms with Crippen LogP contribution in [0, 0.1) is 0 Å². The van der Waals surface area contributed by atoms with Gasteiger partial charge in [-0.1, -0.05) is 6.92 Å². The van der Waals surface area contributed by atoms with E-state index >= 15 is 0 Å². The van der Waals surface area contributed by atoms with Gasteiger partial charge in [-0.15, -0.1) is 0 Å². The lowest BCUT2D eigenvalue weighted by Gasteiger charge is -2.37. The molecule has 1 fully saturated rings. The van der Waals surface area contributed by atoms with Gasteiger partial charge in [0.25, 0.3) is 0 Å². The minimum atomic E-state index is -0.324. The molecule has 0 amide bonds. The van der Waals surface area contributed by atoms with Gasteiger partial charge in [-0.25, -0.2) is 9.67 Å². The van der Waals surface area contributed by atoms with Crippen molar-refractivity contribution in [2.75, 3.05) is 23.3 Å². The van der Waals surface area contributed by atoms with Gasteiger partial charge in [0.1, 0.15) is 17.3 Å². The number of aromatic nitrogens is 6. The Morgan fingerprint density at radius 1 is 1.27 bits per heavy atom. The molecule has 1 saturated heterocycles. The maximum atomic E-state index is 9.79. The van der Waals surface area contributed by atoms with Crippen LogP contribution in [0.5, 0.6) is 0 Å². The Labute approximate surface area is 181 Å². The van der Waals surface area contributed by atoms with Crippen molar-refractivity contribution in [1.29, 1.82) is 0 Å². The number of nitrogens with one attached hydrogen (secondary N) is 2. The number of halogens is 1. The van der Waals surface area contributed by atoms with E-state index in [1.807, 2.05) is 23.0 Å². The van der Waals surface area contributed by atoms with Crippen LogP contribution in [0.2, 0.25) is 0 Å². The average molecular weight is 471 g/mol. The third kappa shape index (κ3) is 3.10. The molecule has 1 aliphatic heterocycles. The van der Waals surface area contributed by atoms with Gasteiger partial charge >= 0.3 is 0 Å². The molecule has 0 saturated carbocycles. The first-order chi connectivity index (χ1) is 14.4. The summed E-state index contributed by atoms with van der Waals surface area (Å²) in [5.41, 5.74) is 2.64. The molecule has 5 heterocycles. The van der Waals surface area contributed by atoms with E-state index in [1.165, 1.54) is 0 Å². The summed E-state index contributed by atoms with van der Waals surface area (Å²) in [7, 11) is 0. The molecule has 9 nitrogen and oxygen atoms in total. The number of pyridine rings is 1. The number of rotatable bonds is 5. The summed E-state index contributed by atoms with van der Waals surface area (Å²) < 4.78 is 2.87. The van der Waals surface area contributed by atoms with Crippen molar-refractivity contribution >= 4 is 55.6 Å². The Hall–Kier alpha value is -2.72. The second-order valence-electron chi connectivity index (χ2n) is 7.84. The van der Waals surface area contributed by atoms with Crippen molar-refractivity contribution in [2.24, 2.45) is 0 Å². The van der Waals surface area contributed by atoms with Crippen LogP contribution in [0.3, 0.4) is 0 Å². The summed E-state index contributed by atoms with van der Waals surface area (Å²) in [6.07, 6.45) is 2.35. The number of aliphatic hydroxyl groups excluding tert-OH is 1. The molecule has 5 rings (SSSR count). The molecule has 0 spiro atoms. The van der Waals surface area contributed by atoms with Crippen LogP contribution in [-0.4, -0.2) is 54.0 Å². The molecule has 10 heteroatoms. The fourth-order valence-corrected chi connectivity index (χ4v) is 4.48. The Morgan fingerprint density at radius 3 is 2.77 bits per heavy atom. The smallest absolute Gasteiger partial charge is 0.232 e. The molecule has 156 valence electrons. The van der Waals surface area contributed by atoms with E-state index in [0.717, 1.165) is 44.5 Å². The lowest BCUT2D eigenvalue weighted by molar-refractivity contribution is 0.141. The molecule has 30 heavy (non-hydrogen) atoms. The third-order valence-corrected chi connectivity index (χ3v) is 6.21. The maximum absolute atomic E-state index is 9.79. The van der Waals surface area contributed by atoms with E-state index in [1.54, 1.807) is 0 Å². The van der Waals surface area contributed by atoms with Crippen LogP contribution in [0.25, 0.3) is 22.1 Å². The zero-order valence-electron chi connectivity index (χ0n) is 17.0. The van der Waals surface area contributed by atoms with Crippen LogP contribution in [0.15, 0.2) is 22.8 Å². The Kier molecular flexibility index (Phi) is 4.62. The van der Waals surface area contributed by atoms with Gasteiger partial charge in [0, 0.05) is 30.2 Å². The maximum Gasteiger partial charge on any atom is 0.232 e. The van der Waals surface area contributed by atoms with Crippen LogP contribution < -0.4 is 10.2 Å². The van der Waals surface area contributed by atoms with Crippen molar-refractivity contribution in [3.63, 3.8) is 0 Å². The van der Waals surface area contributed by atoms with E-state index < -0.39 is 0 Å². The van der Waals surface area contributed by atoms with E-state index in [0.29, 0.717) is 24.9 Å². The summed E-state index contributed by atoms with van der Waals surface area (Å²) in [4.78, 5) is 19.6. The minimum absolute atomic E-state index is 0.214. The molecule has 3 N–H and O–H groups in total. The van der Waals surface area contributed by atoms with Gasteiger partial charge < -0.3 is 20.3 Å². The van der Waals surface area contributed by atoms with Crippen molar-refractivity contribution in [2.45, 2.75) is 39.3 Å². The topological polar surface area (TPSA) is 108 Å². The number of H-pyrrole nitrogens is 1. The zero-order valence-corrected chi connectivity index (χ0v) is 18.6. The summed E-state index contributed by atoms with van der Waals surface area (Å²) in [5, 5.41) is 19.4. The highest BCUT2D eigenvalue weighted by Gasteiger charge is 2.29. The van der Waals surface area contributed by atoms with Gasteiger partial charge in [0.05, 0.1) is 22.2 Å². The Balaban J connectivity index is 1.57. The average Bonchev–Trinajstić information content (AvgIpc) is 3.25. The van der Waals surface area contributed by atoms with Crippen molar-refractivity contribution in [3.05, 3.63) is 28.5 Å². The van der Waals surface area contributed by atoms with E-state index in [2.05, 4.69) is 62.0 Å². The normalized spacial score (nSPS) is 14.8. The SMILES string of the molecule is CCc1[nH]c2nc(Nc3ccc4cnn(C(C)C)c4n3)nc(N3CC(O)C3)c2c1Br. The highest BCUT2D eigenvalue weighted by atomic mass is 79.9. The van der Waals surface area contributed by atoms with Crippen LogP contribution in [0.4, 0.5) is 17.6 Å². The monoisotopic (exact) mass is 470 g/mol. The highest BCUT2D eigenvalue weighted by molar-refractivity contribution is 9.10. The molecule has 0 aromatic carbocycles. The van der Waals surface area contributed by atoms with Crippen molar-refractivity contribution in [1.82, 2.24) is 29.7 Å². The number of aliphatic hydroxyl groups is 1. The molecule has 0 aliphatic carbocycles. The molecule has 0 bridgehead atoms. The molecule has 4 aromatic rings. The number of nitrogens with zero attached hydrogens (tertiary/aromatic N) is 6. The van der Waals surface area contributed by atoms with E-state index in [9.17, 15) is 5.11 Å². The highest BCUT2D eigenvalue weighted by Crippen LogP contribution is 2.36. The number of fused-ring (bicyclic) bond motifs is 2. The number of β-amino-alcohol motifs (C(OH)–C–C–N with tert-alkyl or cyclic N) is 1. The fraction of sp³-hybridized carbons (Fsp3) is 0.400. The van der Waals surface area contributed by atoms with Gasteiger partial charge in [0.15, 0.2) is 5.65 Å². The summed E-state index contributed by atoms with van der Waals surface area (Å²) >= 11 is 3.69. The molecule has 0 radical (unpaired) electrons. The van der Waals surface area contributed by atoms with Gasteiger partial charge in [-0.2, -0.15) is 15.1 Å².